The third-order valence-corrected chi connectivity index (χ3v) is 5.39. The van der Waals surface area contributed by atoms with E-state index in [2.05, 4.69) is 10.6 Å². The van der Waals surface area contributed by atoms with E-state index in [1.165, 1.54) is 19.1 Å². The van der Waals surface area contributed by atoms with Gasteiger partial charge in [-0.1, -0.05) is 19.1 Å². The first kappa shape index (κ1) is 23.1. The number of hydrogen-bond acceptors (Lipinski definition) is 5. The second kappa shape index (κ2) is 10.2. The van der Waals surface area contributed by atoms with Gasteiger partial charge in [0.15, 0.2) is 0 Å². The predicted molar refractivity (Wildman–Crippen MR) is 112 cm³/mol. The molecular weight excluding hydrogens is 406 g/mol. The van der Waals surface area contributed by atoms with Crippen molar-refractivity contribution < 1.29 is 28.5 Å². The first-order valence-electron chi connectivity index (χ1n) is 10.3. The van der Waals surface area contributed by atoms with Crippen molar-refractivity contribution in [3.63, 3.8) is 0 Å². The van der Waals surface area contributed by atoms with E-state index in [4.69, 9.17) is 4.74 Å². The van der Waals surface area contributed by atoms with Gasteiger partial charge < -0.3 is 25.6 Å². The standard InChI is InChI=1S/C23H28F2N2O4/c1-3-14-4-5-22-18(8-14)23(21(30)12-31-22)26-11-20(29)19(27-13(2)28)9-15-6-16(24)10-17(25)7-15/h4-8,10,19-21,23,26,29-30H,3,9,11-12H2,1-2H3,(H,27,28). The Hall–Kier alpha value is -2.55. The lowest BCUT2D eigenvalue weighted by atomic mass is 9.94. The molecule has 8 heteroatoms. The van der Waals surface area contributed by atoms with Gasteiger partial charge in [0, 0.05) is 25.1 Å². The predicted octanol–water partition coefficient (Wildman–Crippen LogP) is 2.02. The van der Waals surface area contributed by atoms with Crippen LogP contribution in [0.15, 0.2) is 36.4 Å². The Kier molecular flexibility index (Phi) is 7.59. The van der Waals surface area contributed by atoms with Crippen molar-refractivity contribution >= 4 is 5.91 Å². The summed E-state index contributed by atoms with van der Waals surface area (Å²) in [5.41, 5.74) is 2.21. The molecule has 0 saturated carbocycles. The summed E-state index contributed by atoms with van der Waals surface area (Å²) in [5, 5.41) is 27.0. The molecule has 1 amide bonds. The molecule has 0 fully saturated rings. The number of aliphatic hydroxyl groups excluding tert-OH is 2. The molecule has 0 spiro atoms. The van der Waals surface area contributed by atoms with E-state index in [-0.39, 0.29) is 25.5 Å². The summed E-state index contributed by atoms with van der Waals surface area (Å²) in [7, 11) is 0. The molecule has 2 aromatic carbocycles. The number of rotatable bonds is 8. The van der Waals surface area contributed by atoms with Crippen LogP contribution in [0.5, 0.6) is 5.75 Å². The Balaban J connectivity index is 1.73. The molecule has 0 saturated heterocycles. The molecule has 6 nitrogen and oxygen atoms in total. The van der Waals surface area contributed by atoms with Gasteiger partial charge in [-0.3, -0.25) is 4.79 Å². The van der Waals surface area contributed by atoms with Crippen molar-refractivity contribution in [2.45, 2.75) is 51.0 Å². The van der Waals surface area contributed by atoms with Crippen LogP contribution in [-0.2, 0) is 17.6 Å². The topological polar surface area (TPSA) is 90.8 Å². The minimum atomic E-state index is -1.07. The maximum Gasteiger partial charge on any atom is 0.217 e. The zero-order chi connectivity index (χ0) is 22.5. The molecule has 31 heavy (non-hydrogen) atoms. The smallest absolute Gasteiger partial charge is 0.217 e. The normalized spacial score (nSPS) is 19.8. The molecule has 1 heterocycles. The molecule has 168 valence electrons. The number of carbonyl (C=O) groups is 1. The van der Waals surface area contributed by atoms with Crippen LogP contribution in [0.4, 0.5) is 8.78 Å². The molecule has 1 aliphatic heterocycles. The van der Waals surface area contributed by atoms with Gasteiger partial charge in [0.25, 0.3) is 0 Å². The largest absolute Gasteiger partial charge is 0.490 e. The van der Waals surface area contributed by atoms with Gasteiger partial charge in [-0.25, -0.2) is 8.78 Å². The van der Waals surface area contributed by atoms with Crippen LogP contribution in [0.25, 0.3) is 0 Å². The summed E-state index contributed by atoms with van der Waals surface area (Å²) in [6.45, 7) is 3.50. The van der Waals surface area contributed by atoms with Crippen LogP contribution < -0.4 is 15.4 Å². The van der Waals surface area contributed by atoms with Crippen LogP contribution >= 0.6 is 0 Å². The van der Waals surface area contributed by atoms with Crippen LogP contribution in [-0.4, -0.2) is 47.5 Å². The molecule has 4 N–H and O–H groups in total. The maximum absolute atomic E-state index is 13.5. The Bertz CT molecular complexity index is 904. The highest BCUT2D eigenvalue weighted by Gasteiger charge is 2.31. The number of ether oxygens (including phenoxy) is 1. The quantitative estimate of drug-likeness (QED) is 0.510. The van der Waals surface area contributed by atoms with Gasteiger partial charge in [-0.05, 0) is 42.2 Å². The average Bonchev–Trinajstić information content (AvgIpc) is 2.70. The summed E-state index contributed by atoms with van der Waals surface area (Å²) >= 11 is 0. The number of fused-ring (bicyclic) bond motifs is 1. The zero-order valence-corrected chi connectivity index (χ0v) is 17.6. The fourth-order valence-corrected chi connectivity index (χ4v) is 3.83. The first-order valence-corrected chi connectivity index (χ1v) is 10.3. The molecule has 1 aliphatic rings. The third-order valence-electron chi connectivity index (χ3n) is 5.39. The summed E-state index contributed by atoms with van der Waals surface area (Å²) in [5.74, 6) is -1.15. The van der Waals surface area contributed by atoms with E-state index in [0.717, 1.165) is 23.6 Å². The van der Waals surface area contributed by atoms with E-state index >= 15 is 0 Å². The van der Waals surface area contributed by atoms with Crippen molar-refractivity contribution in [1.29, 1.82) is 0 Å². The molecule has 0 bridgehead atoms. The van der Waals surface area contributed by atoms with E-state index < -0.39 is 35.9 Å². The summed E-state index contributed by atoms with van der Waals surface area (Å²) in [4.78, 5) is 11.6. The van der Waals surface area contributed by atoms with Crippen molar-refractivity contribution in [2.24, 2.45) is 0 Å². The molecule has 0 aliphatic carbocycles. The lowest BCUT2D eigenvalue weighted by molar-refractivity contribution is -0.120. The highest BCUT2D eigenvalue weighted by atomic mass is 19.1. The SMILES string of the molecule is CCc1ccc2c(c1)C(NCC(O)C(Cc1cc(F)cc(F)c1)NC(C)=O)C(O)CO2. The second-order valence-corrected chi connectivity index (χ2v) is 7.85. The molecule has 4 atom stereocenters. The Morgan fingerprint density at radius 3 is 2.55 bits per heavy atom. The fraction of sp³-hybridized carbons (Fsp3) is 0.435. The van der Waals surface area contributed by atoms with Crippen molar-refractivity contribution in [3.05, 3.63) is 64.7 Å². The van der Waals surface area contributed by atoms with Gasteiger partial charge in [0.05, 0.1) is 18.2 Å². The molecular formula is C23H28F2N2O4. The number of carbonyl (C=O) groups excluding carboxylic acids is 1. The first-order chi connectivity index (χ1) is 14.8. The van der Waals surface area contributed by atoms with Crippen LogP contribution in [0.1, 0.15) is 36.6 Å². The molecule has 4 unspecified atom stereocenters. The van der Waals surface area contributed by atoms with Gasteiger partial charge >= 0.3 is 0 Å². The highest BCUT2D eigenvalue weighted by molar-refractivity contribution is 5.73. The second-order valence-electron chi connectivity index (χ2n) is 7.85. The number of benzene rings is 2. The Morgan fingerprint density at radius 2 is 1.90 bits per heavy atom. The molecule has 0 radical (unpaired) electrons. The number of amides is 1. The third kappa shape index (κ3) is 6.00. The number of hydrogen-bond donors (Lipinski definition) is 4. The van der Waals surface area contributed by atoms with Crippen molar-refractivity contribution in [2.75, 3.05) is 13.2 Å². The summed E-state index contributed by atoms with van der Waals surface area (Å²) < 4.78 is 32.7. The molecule has 3 rings (SSSR count). The van der Waals surface area contributed by atoms with E-state index in [9.17, 15) is 23.8 Å². The minimum Gasteiger partial charge on any atom is -0.490 e. The maximum atomic E-state index is 13.5. The lowest BCUT2D eigenvalue weighted by Crippen LogP contribution is -2.50. The van der Waals surface area contributed by atoms with Crippen LogP contribution in [0.3, 0.4) is 0 Å². The van der Waals surface area contributed by atoms with Crippen LogP contribution in [0.2, 0.25) is 0 Å². The van der Waals surface area contributed by atoms with Crippen molar-refractivity contribution in [1.82, 2.24) is 10.6 Å². The molecule has 0 aromatic heterocycles. The van der Waals surface area contributed by atoms with Gasteiger partial charge in [-0.15, -0.1) is 0 Å². The van der Waals surface area contributed by atoms with Crippen molar-refractivity contribution in [3.8, 4) is 5.75 Å². The minimum absolute atomic E-state index is 0.0419. The summed E-state index contributed by atoms with van der Waals surface area (Å²) in [6.07, 6.45) is -1.01. The van der Waals surface area contributed by atoms with E-state index in [0.29, 0.717) is 11.3 Å². The zero-order valence-electron chi connectivity index (χ0n) is 17.6. The van der Waals surface area contributed by atoms with Gasteiger partial charge in [0.2, 0.25) is 5.91 Å². The lowest BCUT2D eigenvalue weighted by Gasteiger charge is -2.33. The van der Waals surface area contributed by atoms with E-state index in [1.54, 1.807) is 0 Å². The Morgan fingerprint density at radius 1 is 1.19 bits per heavy atom. The number of nitrogens with one attached hydrogen (secondary N) is 2. The van der Waals surface area contributed by atoms with E-state index in [1.807, 2.05) is 25.1 Å². The van der Waals surface area contributed by atoms with Gasteiger partial charge in [-0.2, -0.15) is 0 Å². The monoisotopic (exact) mass is 434 g/mol. The fourth-order valence-electron chi connectivity index (χ4n) is 3.83. The molecule has 2 aromatic rings. The summed E-state index contributed by atoms with van der Waals surface area (Å²) in [6, 6.07) is 7.66. The Labute approximate surface area is 180 Å². The van der Waals surface area contributed by atoms with Gasteiger partial charge in [0.1, 0.15) is 30.1 Å². The van der Waals surface area contributed by atoms with Crippen LogP contribution in [0, 0.1) is 11.6 Å². The average molecular weight is 434 g/mol. The number of halogens is 2. The number of aryl methyl sites for hydroxylation is 1. The highest BCUT2D eigenvalue weighted by Crippen LogP contribution is 2.33. The number of aliphatic hydroxyl groups is 2.